The quantitative estimate of drug-likeness (QED) is 0.450. The third-order valence-electron chi connectivity index (χ3n) is 7.16. The Morgan fingerprint density at radius 1 is 0.941 bits per heavy atom. The number of carbonyl (C=O) groups is 1. The van der Waals surface area contributed by atoms with E-state index in [1.54, 1.807) is 0 Å². The van der Waals surface area contributed by atoms with E-state index in [0.29, 0.717) is 37.5 Å². The summed E-state index contributed by atoms with van der Waals surface area (Å²) in [5.74, 6) is 0.386. The number of benzene rings is 2. The Kier molecular flexibility index (Phi) is 8.11. The zero-order chi connectivity index (χ0) is 22.9. The van der Waals surface area contributed by atoms with Crippen molar-refractivity contribution >= 4 is 52.4 Å². The molecule has 0 saturated carbocycles. The molecule has 3 heterocycles. The van der Waals surface area contributed by atoms with E-state index in [2.05, 4.69) is 16.0 Å². The van der Waals surface area contributed by atoms with Crippen LogP contribution in [0, 0.1) is 0 Å². The van der Waals surface area contributed by atoms with Crippen LogP contribution in [0.3, 0.4) is 0 Å². The van der Waals surface area contributed by atoms with E-state index in [1.165, 1.54) is 0 Å². The van der Waals surface area contributed by atoms with E-state index in [9.17, 15) is 9.90 Å². The number of amides is 1. The van der Waals surface area contributed by atoms with Crippen LogP contribution in [-0.4, -0.2) is 58.1 Å². The van der Waals surface area contributed by atoms with Crippen molar-refractivity contribution in [1.29, 1.82) is 0 Å². The first-order valence-corrected chi connectivity index (χ1v) is 12.5. The molecule has 0 spiro atoms. The van der Waals surface area contributed by atoms with Gasteiger partial charge in [-0.1, -0.05) is 47.5 Å². The van der Waals surface area contributed by atoms with Crippen molar-refractivity contribution in [3.05, 3.63) is 69.3 Å². The molecule has 8 heteroatoms. The summed E-state index contributed by atoms with van der Waals surface area (Å²) in [6, 6.07) is 13.9. The van der Waals surface area contributed by atoms with Crippen molar-refractivity contribution in [3.8, 4) is 0 Å². The Balaban J connectivity index is 0.00000274. The van der Waals surface area contributed by atoms with Gasteiger partial charge in [-0.15, -0.1) is 12.4 Å². The highest BCUT2D eigenvalue weighted by molar-refractivity contribution is 6.36. The number of aromatic amines is 1. The highest BCUT2D eigenvalue weighted by Gasteiger charge is 2.29. The molecule has 34 heavy (non-hydrogen) atoms. The maximum absolute atomic E-state index is 13.4. The van der Waals surface area contributed by atoms with Crippen molar-refractivity contribution in [2.24, 2.45) is 0 Å². The molecule has 2 aromatic carbocycles. The summed E-state index contributed by atoms with van der Waals surface area (Å²) in [5.41, 5.74) is 3.81. The van der Waals surface area contributed by atoms with Crippen LogP contribution >= 0.6 is 35.6 Å². The first-order chi connectivity index (χ1) is 16.0. The van der Waals surface area contributed by atoms with E-state index < -0.39 is 0 Å². The van der Waals surface area contributed by atoms with Crippen LogP contribution in [0.15, 0.2) is 42.5 Å². The van der Waals surface area contributed by atoms with Crippen molar-refractivity contribution in [2.75, 3.05) is 26.2 Å². The number of piperidine rings is 2. The number of aliphatic hydroxyl groups excluding tert-OH is 1. The number of para-hydroxylation sites is 1. The highest BCUT2D eigenvalue weighted by atomic mass is 35.5. The van der Waals surface area contributed by atoms with Crippen LogP contribution < -0.4 is 0 Å². The summed E-state index contributed by atoms with van der Waals surface area (Å²) >= 11 is 12.9. The van der Waals surface area contributed by atoms with Crippen LogP contribution in [0.2, 0.25) is 10.0 Å². The lowest BCUT2D eigenvalue weighted by Crippen LogP contribution is -2.41. The number of nitrogens with one attached hydrogen (secondary N) is 1. The minimum absolute atomic E-state index is 0. The number of aromatic nitrogens is 1. The van der Waals surface area contributed by atoms with Gasteiger partial charge in [0.1, 0.15) is 5.69 Å². The molecule has 0 radical (unpaired) electrons. The summed E-state index contributed by atoms with van der Waals surface area (Å²) < 4.78 is 0. The van der Waals surface area contributed by atoms with Crippen molar-refractivity contribution in [1.82, 2.24) is 14.8 Å². The fraction of sp³-hybridized carbons (Fsp3) is 0.423. The number of aliphatic hydroxyl groups is 1. The summed E-state index contributed by atoms with van der Waals surface area (Å²) in [5, 5.41) is 12.4. The predicted molar refractivity (Wildman–Crippen MR) is 140 cm³/mol. The molecule has 5 nitrogen and oxygen atoms in total. The summed E-state index contributed by atoms with van der Waals surface area (Å²) in [6.07, 6.45) is 2.95. The summed E-state index contributed by atoms with van der Waals surface area (Å²) in [6.45, 7) is 3.77. The SMILES string of the molecule is Cl.O=C(c1[nH]c2ccccc2c1CN1CCC(c2c(Cl)cccc2Cl)CC1)N1CCC(O)CC1. The molecule has 0 bridgehead atoms. The number of carbonyl (C=O) groups excluding carboxylic acids is 1. The number of hydrogen-bond donors (Lipinski definition) is 2. The third-order valence-corrected chi connectivity index (χ3v) is 7.82. The first-order valence-electron chi connectivity index (χ1n) is 11.7. The topological polar surface area (TPSA) is 59.6 Å². The van der Waals surface area contributed by atoms with Gasteiger partial charge in [0.05, 0.1) is 6.10 Å². The fourth-order valence-corrected chi connectivity index (χ4v) is 5.98. The Morgan fingerprint density at radius 2 is 1.59 bits per heavy atom. The third kappa shape index (κ3) is 5.09. The molecule has 182 valence electrons. The molecule has 1 amide bonds. The second-order valence-corrected chi connectivity index (χ2v) is 10.0. The van der Waals surface area contributed by atoms with Gasteiger partial charge in [0.15, 0.2) is 0 Å². The molecule has 3 aromatic rings. The van der Waals surface area contributed by atoms with Gasteiger partial charge < -0.3 is 15.0 Å². The molecule has 0 unspecified atom stereocenters. The minimum atomic E-state index is -0.302. The molecule has 2 aliphatic heterocycles. The number of hydrogen-bond acceptors (Lipinski definition) is 3. The lowest BCUT2D eigenvalue weighted by Gasteiger charge is -2.33. The minimum Gasteiger partial charge on any atom is -0.393 e. The number of fused-ring (bicyclic) bond motifs is 1. The number of halogens is 3. The number of H-pyrrole nitrogens is 1. The number of nitrogens with zero attached hydrogens (tertiary/aromatic N) is 2. The van der Waals surface area contributed by atoms with E-state index in [0.717, 1.165) is 64.6 Å². The van der Waals surface area contributed by atoms with Gasteiger partial charge in [-0.05, 0) is 68.5 Å². The van der Waals surface area contributed by atoms with Crippen LogP contribution in [-0.2, 0) is 6.54 Å². The van der Waals surface area contributed by atoms with Crippen LogP contribution in [0.4, 0.5) is 0 Å². The lowest BCUT2D eigenvalue weighted by atomic mass is 9.89. The van der Waals surface area contributed by atoms with Gasteiger partial charge >= 0.3 is 0 Å². The normalized spacial score (nSPS) is 18.3. The van der Waals surface area contributed by atoms with Crippen LogP contribution in [0.25, 0.3) is 10.9 Å². The Hall–Kier alpha value is -1.76. The van der Waals surface area contributed by atoms with Gasteiger partial charge in [0.2, 0.25) is 0 Å². The van der Waals surface area contributed by atoms with Crippen molar-refractivity contribution < 1.29 is 9.90 Å². The Labute approximate surface area is 216 Å². The smallest absolute Gasteiger partial charge is 0.270 e. The van der Waals surface area contributed by atoms with E-state index in [1.807, 2.05) is 41.3 Å². The van der Waals surface area contributed by atoms with E-state index in [-0.39, 0.29) is 24.4 Å². The van der Waals surface area contributed by atoms with Crippen molar-refractivity contribution in [3.63, 3.8) is 0 Å². The first kappa shape index (κ1) is 25.3. The second kappa shape index (κ2) is 10.9. The standard InChI is InChI=1S/C26H29Cl2N3O2.ClH/c27-21-5-3-6-22(28)24(21)17-8-12-30(13-9-17)16-20-19-4-1-2-7-23(19)29-25(20)26(33)31-14-10-18(32)11-15-31;/h1-7,17-18,29,32H,8-16H2;1H. The Bertz CT molecular complexity index is 1130. The average Bonchev–Trinajstić information content (AvgIpc) is 3.18. The maximum Gasteiger partial charge on any atom is 0.270 e. The number of rotatable bonds is 4. The monoisotopic (exact) mass is 521 g/mol. The van der Waals surface area contributed by atoms with Crippen LogP contribution in [0.5, 0.6) is 0 Å². The molecule has 0 atom stereocenters. The molecule has 2 saturated heterocycles. The molecular weight excluding hydrogens is 493 g/mol. The molecule has 2 N–H and O–H groups in total. The lowest BCUT2D eigenvalue weighted by molar-refractivity contribution is 0.0540. The molecule has 5 rings (SSSR count). The largest absolute Gasteiger partial charge is 0.393 e. The molecule has 2 fully saturated rings. The van der Waals surface area contributed by atoms with Gasteiger partial charge in [0, 0.05) is 46.1 Å². The fourth-order valence-electron chi connectivity index (χ4n) is 5.28. The molecular formula is C26H30Cl3N3O2. The molecule has 1 aromatic heterocycles. The van der Waals surface area contributed by atoms with Gasteiger partial charge in [-0.3, -0.25) is 9.69 Å². The summed E-state index contributed by atoms with van der Waals surface area (Å²) in [4.78, 5) is 21.1. The summed E-state index contributed by atoms with van der Waals surface area (Å²) in [7, 11) is 0. The average molecular weight is 523 g/mol. The van der Waals surface area contributed by atoms with Gasteiger partial charge in [-0.2, -0.15) is 0 Å². The Morgan fingerprint density at radius 3 is 2.26 bits per heavy atom. The molecule has 0 aliphatic carbocycles. The predicted octanol–water partition coefficient (Wildman–Crippen LogP) is 5.87. The second-order valence-electron chi connectivity index (χ2n) is 9.23. The van der Waals surface area contributed by atoms with E-state index in [4.69, 9.17) is 23.2 Å². The van der Waals surface area contributed by atoms with Crippen LogP contribution in [0.1, 0.15) is 53.2 Å². The number of likely N-dealkylation sites (tertiary alicyclic amines) is 2. The highest BCUT2D eigenvalue weighted by Crippen LogP contribution is 2.38. The zero-order valence-electron chi connectivity index (χ0n) is 19.0. The van der Waals surface area contributed by atoms with Gasteiger partial charge in [0.25, 0.3) is 5.91 Å². The zero-order valence-corrected chi connectivity index (χ0v) is 21.3. The van der Waals surface area contributed by atoms with Crippen molar-refractivity contribution in [2.45, 2.75) is 44.2 Å². The maximum atomic E-state index is 13.4. The molecule has 2 aliphatic rings. The van der Waals surface area contributed by atoms with E-state index >= 15 is 0 Å². The van der Waals surface area contributed by atoms with Gasteiger partial charge in [-0.25, -0.2) is 0 Å².